The number of esters is 1. The predicted molar refractivity (Wildman–Crippen MR) is 103 cm³/mol. The van der Waals surface area contributed by atoms with Gasteiger partial charge in [0.25, 0.3) is 0 Å². The van der Waals surface area contributed by atoms with Crippen LogP contribution in [0.15, 0.2) is 54.0 Å². The van der Waals surface area contributed by atoms with Gasteiger partial charge in [0, 0.05) is 0 Å². The van der Waals surface area contributed by atoms with Gasteiger partial charge in [0.2, 0.25) is 5.91 Å². The minimum Gasteiger partial charge on any atom is -0.489 e. The summed E-state index contributed by atoms with van der Waals surface area (Å²) in [6.07, 6.45) is 0.136. The summed E-state index contributed by atoms with van der Waals surface area (Å²) in [5, 5.41) is 3.03. The number of thiazole rings is 1. The molecule has 3 rings (SSSR count). The highest BCUT2D eigenvalue weighted by Gasteiger charge is 2.17. The van der Waals surface area contributed by atoms with Crippen LogP contribution in [-0.2, 0) is 22.6 Å². The van der Waals surface area contributed by atoms with E-state index in [-0.39, 0.29) is 23.8 Å². The van der Waals surface area contributed by atoms with Gasteiger partial charge in [0.1, 0.15) is 23.2 Å². The van der Waals surface area contributed by atoms with E-state index in [0.717, 1.165) is 22.5 Å². The average Bonchev–Trinajstić information content (AvgIpc) is 3.16. The highest BCUT2D eigenvalue weighted by atomic mass is 32.1. The molecule has 1 N–H and O–H groups in total. The molecule has 1 aromatic heterocycles. The van der Waals surface area contributed by atoms with Crippen LogP contribution in [0.4, 0.5) is 9.39 Å². The Balaban J connectivity index is 1.53. The van der Waals surface area contributed by atoms with Crippen molar-refractivity contribution in [1.82, 2.24) is 4.98 Å². The smallest absolute Gasteiger partial charge is 0.359 e. The maximum absolute atomic E-state index is 12.9. The van der Waals surface area contributed by atoms with E-state index < -0.39 is 5.97 Å². The number of hydrogen-bond donors (Lipinski definition) is 1. The van der Waals surface area contributed by atoms with Gasteiger partial charge in [-0.2, -0.15) is 0 Å². The molecule has 8 heteroatoms. The second kappa shape index (κ2) is 9.09. The normalized spacial score (nSPS) is 10.4. The van der Waals surface area contributed by atoms with E-state index in [2.05, 4.69) is 15.0 Å². The fourth-order valence-corrected chi connectivity index (χ4v) is 3.07. The van der Waals surface area contributed by atoms with E-state index in [9.17, 15) is 14.0 Å². The monoisotopic (exact) mass is 400 g/mol. The lowest BCUT2D eigenvalue weighted by molar-refractivity contribution is -0.115. The molecule has 0 aliphatic rings. The number of carbonyl (C=O) groups excluding carboxylic acids is 2. The SMILES string of the molecule is COC(=O)c1ncsc1NC(=O)Cc1ccc(OCc2ccc(F)cc2)cc1. The zero-order chi connectivity index (χ0) is 19.9. The number of rotatable bonds is 7. The third-order valence-corrected chi connectivity index (χ3v) is 4.55. The fourth-order valence-electron chi connectivity index (χ4n) is 2.38. The molecular formula is C20H17FN2O4S. The molecule has 144 valence electrons. The number of methoxy groups -OCH3 is 1. The molecule has 2 aromatic carbocycles. The first-order chi connectivity index (χ1) is 13.5. The molecule has 3 aromatic rings. The van der Waals surface area contributed by atoms with Crippen molar-refractivity contribution in [1.29, 1.82) is 0 Å². The molecule has 0 unspecified atom stereocenters. The van der Waals surface area contributed by atoms with Gasteiger partial charge >= 0.3 is 5.97 Å². The standard InChI is InChI=1S/C20H17FN2O4S/c1-26-20(25)18-19(28-12-22-18)23-17(24)10-13-4-8-16(9-5-13)27-11-14-2-6-15(21)7-3-14/h2-9,12H,10-11H2,1H3,(H,23,24). The Morgan fingerprint density at radius 2 is 1.75 bits per heavy atom. The van der Waals surface area contributed by atoms with Gasteiger partial charge in [-0.25, -0.2) is 14.2 Å². The summed E-state index contributed by atoms with van der Waals surface area (Å²) >= 11 is 1.15. The number of carbonyl (C=O) groups is 2. The van der Waals surface area contributed by atoms with Gasteiger partial charge in [0.05, 0.1) is 19.0 Å². The molecule has 6 nitrogen and oxygen atoms in total. The molecule has 0 spiro atoms. The van der Waals surface area contributed by atoms with Crippen molar-refractivity contribution in [2.24, 2.45) is 0 Å². The fraction of sp³-hybridized carbons (Fsp3) is 0.150. The van der Waals surface area contributed by atoms with Crippen LogP contribution in [0.3, 0.4) is 0 Å². The van der Waals surface area contributed by atoms with Crippen LogP contribution in [0.2, 0.25) is 0 Å². The van der Waals surface area contributed by atoms with E-state index in [1.807, 2.05) is 0 Å². The topological polar surface area (TPSA) is 77.5 Å². The largest absolute Gasteiger partial charge is 0.489 e. The third-order valence-electron chi connectivity index (χ3n) is 3.81. The molecule has 1 amide bonds. The summed E-state index contributed by atoms with van der Waals surface area (Å²) in [6.45, 7) is 0.321. The van der Waals surface area contributed by atoms with Crippen LogP contribution >= 0.6 is 11.3 Å². The summed E-state index contributed by atoms with van der Waals surface area (Å²) in [6, 6.07) is 13.2. The Morgan fingerprint density at radius 1 is 1.07 bits per heavy atom. The molecular weight excluding hydrogens is 383 g/mol. The molecule has 0 saturated carbocycles. The number of amides is 1. The van der Waals surface area contributed by atoms with Gasteiger partial charge < -0.3 is 14.8 Å². The van der Waals surface area contributed by atoms with E-state index >= 15 is 0 Å². The Hall–Kier alpha value is -3.26. The maximum atomic E-state index is 12.9. The second-order valence-corrected chi connectivity index (χ2v) is 6.66. The van der Waals surface area contributed by atoms with Crippen LogP contribution in [-0.4, -0.2) is 24.0 Å². The van der Waals surface area contributed by atoms with Gasteiger partial charge in [0.15, 0.2) is 5.69 Å². The van der Waals surface area contributed by atoms with Crippen molar-refractivity contribution in [2.75, 3.05) is 12.4 Å². The minimum atomic E-state index is -0.598. The Bertz CT molecular complexity index is 955. The zero-order valence-electron chi connectivity index (χ0n) is 15.0. The molecule has 0 saturated heterocycles. The number of nitrogens with zero attached hydrogens (tertiary/aromatic N) is 1. The van der Waals surface area contributed by atoms with Crippen LogP contribution < -0.4 is 10.1 Å². The number of ether oxygens (including phenoxy) is 2. The van der Waals surface area contributed by atoms with Crippen LogP contribution in [0.1, 0.15) is 21.6 Å². The summed E-state index contributed by atoms with van der Waals surface area (Å²) < 4.78 is 23.2. The average molecular weight is 400 g/mol. The first kappa shape index (κ1) is 19.5. The summed E-state index contributed by atoms with van der Waals surface area (Å²) in [5.41, 5.74) is 3.20. The molecule has 0 aliphatic carbocycles. The van der Waals surface area contributed by atoms with Crippen molar-refractivity contribution in [3.63, 3.8) is 0 Å². The molecule has 0 bridgehead atoms. The summed E-state index contributed by atoms with van der Waals surface area (Å²) in [7, 11) is 1.26. The minimum absolute atomic E-state index is 0.0883. The number of benzene rings is 2. The van der Waals surface area contributed by atoms with Gasteiger partial charge in [-0.05, 0) is 35.4 Å². The third kappa shape index (κ3) is 5.14. The molecule has 0 atom stereocenters. The van der Waals surface area contributed by atoms with Crippen LogP contribution in [0.25, 0.3) is 0 Å². The van der Waals surface area contributed by atoms with E-state index in [1.165, 1.54) is 24.8 Å². The number of anilines is 1. The van der Waals surface area contributed by atoms with Crippen molar-refractivity contribution < 1.29 is 23.5 Å². The highest BCUT2D eigenvalue weighted by Crippen LogP contribution is 2.21. The number of halogens is 1. The molecule has 0 aliphatic heterocycles. The van der Waals surface area contributed by atoms with E-state index in [1.54, 1.807) is 36.4 Å². The number of aromatic nitrogens is 1. The molecule has 0 fully saturated rings. The van der Waals surface area contributed by atoms with Gasteiger partial charge in [-0.3, -0.25) is 4.79 Å². The first-order valence-electron chi connectivity index (χ1n) is 8.33. The van der Waals surface area contributed by atoms with Gasteiger partial charge in [-0.15, -0.1) is 11.3 Å². The predicted octanol–water partition coefficient (Wildman–Crippen LogP) is 3.83. The molecule has 1 heterocycles. The van der Waals surface area contributed by atoms with E-state index in [0.29, 0.717) is 17.4 Å². The van der Waals surface area contributed by atoms with Crippen LogP contribution in [0.5, 0.6) is 5.75 Å². The van der Waals surface area contributed by atoms with Crippen molar-refractivity contribution in [3.05, 3.63) is 76.7 Å². The first-order valence-corrected chi connectivity index (χ1v) is 9.21. The van der Waals surface area contributed by atoms with Gasteiger partial charge in [-0.1, -0.05) is 24.3 Å². The summed E-state index contributed by atoms with van der Waals surface area (Å²) in [4.78, 5) is 27.7. The lowest BCUT2D eigenvalue weighted by Gasteiger charge is -2.08. The van der Waals surface area contributed by atoms with Crippen molar-refractivity contribution in [2.45, 2.75) is 13.0 Å². The lowest BCUT2D eigenvalue weighted by Crippen LogP contribution is -2.16. The Labute approximate surface area is 164 Å². The molecule has 28 heavy (non-hydrogen) atoms. The Morgan fingerprint density at radius 3 is 2.43 bits per heavy atom. The van der Waals surface area contributed by atoms with Crippen molar-refractivity contribution >= 4 is 28.2 Å². The lowest BCUT2D eigenvalue weighted by atomic mass is 10.1. The Kier molecular flexibility index (Phi) is 6.33. The summed E-state index contributed by atoms with van der Waals surface area (Å²) in [5.74, 6) is -0.513. The van der Waals surface area contributed by atoms with Crippen molar-refractivity contribution in [3.8, 4) is 5.75 Å². The molecule has 0 radical (unpaired) electrons. The quantitative estimate of drug-likeness (QED) is 0.610. The maximum Gasteiger partial charge on any atom is 0.359 e. The van der Waals surface area contributed by atoms with E-state index in [4.69, 9.17) is 4.74 Å². The second-order valence-electron chi connectivity index (χ2n) is 5.81. The number of nitrogens with one attached hydrogen (secondary N) is 1. The highest BCUT2D eigenvalue weighted by molar-refractivity contribution is 7.14. The number of hydrogen-bond acceptors (Lipinski definition) is 6. The zero-order valence-corrected chi connectivity index (χ0v) is 15.8. The van der Waals surface area contributed by atoms with Crippen LogP contribution in [0, 0.1) is 5.82 Å².